The summed E-state index contributed by atoms with van der Waals surface area (Å²) in [6.45, 7) is 17.0. The van der Waals surface area contributed by atoms with Gasteiger partial charge < -0.3 is 41.7 Å². The number of ketones is 1. The molecule has 0 radical (unpaired) electrons. The molecule has 2 fully saturated rings. The summed E-state index contributed by atoms with van der Waals surface area (Å²) in [4.78, 5) is 116. The second kappa shape index (κ2) is 25.6. The zero-order valence-electron chi connectivity index (χ0n) is 47.8. The average Bonchev–Trinajstić information content (AvgIpc) is 3.98. The van der Waals surface area contributed by atoms with E-state index in [0.717, 1.165) is 62.5 Å². The zero-order valence-corrected chi connectivity index (χ0v) is 47.8. The highest BCUT2D eigenvalue weighted by molar-refractivity contribution is 5.99. The van der Waals surface area contributed by atoms with Crippen LogP contribution in [0.15, 0.2) is 72.8 Å². The first-order valence-electron chi connectivity index (χ1n) is 28.6. The van der Waals surface area contributed by atoms with Gasteiger partial charge in [0.1, 0.15) is 23.9 Å². The number of hydrogen-bond donors (Lipinski definition) is 6. The Morgan fingerprint density at radius 1 is 0.590 bits per heavy atom. The number of benzene rings is 3. The van der Waals surface area contributed by atoms with Crippen molar-refractivity contribution in [1.82, 2.24) is 41.7 Å². The number of Topliss-reactive ketones (excluding diaryl/α,β-unsaturated/α-hetero) is 1. The molecule has 2 heterocycles. The average molecular weight is 1070 g/mol. The van der Waals surface area contributed by atoms with Crippen LogP contribution in [0.5, 0.6) is 0 Å². The van der Waals surface area contributed by atoms with Crippen molar-refractivity contribution in [3.8, 4) is 0 Å². The molecule has 1 unspecified atom stereocenters. The van der Waals surface area contributed by atoms with Gasteiger partial charge in [-0.05, 0) is 129 Å². The van der Waals surface area contributed by atoms with Crippen LogP contribution >= 0.6 is 0 Å². The van der Waals surface area contributed by atoms with Crippen LogP contribution in [-0.2, 0) is 41.6 Å². The van der Waals surface area contributed by atoms with Crippen molar-refractivity contribution < 1.29 is 38.4 Å². The van der Waals surface area contributed by atoms with Gasteiger partial charge in [-0.3, -0.25) is 38.4 Å². The smallest absolute Gasteiger partial charge is 0.251 e. The number of carbonyl (C=O) groups is 8. The highest BCUT2D eigenvalue weighted by Gasteiger charge is 2.48. The van der Waals surface area contributed by atoms with Gasteiger partial charge in [0.2, 0.25) is 29.5 Å². The van der Waals surface area contributed by atoms with Crippen LogP contribution in [0.25, 0.3) is 0 Å². The van der Waals surface area contributed by atoms with E-state index >= 15 is 0 Å². The summed E-state index contributed by atoms with van der Waals surface area (Å²) >= 11 is 0. The predicted octanol–water partition coefficient (Wildman–Crippen LogP) is 7.06. The number of likely N-dealkylation sites (tertiary alicyclic amines) is 2. The number of fused-ring (bicyclic) bond motifs is 2. The summed E-state index contributed by atoms with van der Waals surface area (Å²) in [5.41, 5.74) is 3.70. The molecular weight excluding hydrogens is 985 g/mol. The third-order valence-electron chi connectivity index (χ3n) is 16.8. The fourth-order valence-corrected chi connectivity index (χ4v) is 11.6. The molecule has 2 saturated heterocycles. The van der Waals surface area contributed by atoms with Crippen LogP contribution in [-0.4, -0.2) is 113 Å². The molecule has 6 N–H and O–H groups in total. The van der Waals surface area contributed by atoms with Gasteiger partial charge in [0, 0.05) is 54.6 Å². The third-order valence-corrected chi connectivity index (χ3v) is 16.8. The predicted molar refractivity (Wildman–Crippen MR) is 301 cm³/mol. The number of carbonyl (C=O) groups excluding carboxylic acids is 8. The molecule has 422 valence electrons. The Labute approximate surface area is 462 Å². The minimum absolute atomic E-state index is 0.0130. The molecule has 78 heavy (non-hydrogen) atoms. The third kappa shape index (κ3) is 14.2. The van der Waals surface area contributed by atoms with Gasteiger partial charge in [-0.25, -0.2) is 0 Å². The van der Waals surface area contributed by atoms with Crippen molar-refractivity contribution in [1.29, 1.82) is 0 Å². The Kier molecular flexibility index (Phi) is 19.4. The Morgan fingerprint density at radius 3 is 1.46 bits per heavy atom. The Morgan fingerprint density at radius 2 is 1.04 bits per heavy atom. The van der Waals surface area contributed by atoms with Crippen molar-refractivity contribution in [2.45, 2.75) is 188 Å². The van der Waals surface area contributed by atoms with Gasteiger partial charge in [-0.15, -0.1) is 0 Å². The van der Waals surface area contributed by atoms with Gasteiger partial charge in [0.05, 0.1) is 18.1 Å². The number of nitrogens with zero attached hydrogens (tertiary/aromatic N) is 2. The normalized spacial score (nSPS) is 22.9. The van der Waals surface area contributed by atoms with E-state index in [-0.39, 0.29) is 90.9 Å². The van der Waals surface area contributed by atoms with E-state index in [9.17, 15) is 38.4 Å². The summed E-state index contributed by atoms with van der Waals surface area (Å²) in [5, 5.41) is 18.6. The van der Waals surface area contributed by atoms with E-state index in [1.54, 1.807) is 31.0 Å². The van der Waals surface area contributed by atoms with E-state index in [0.29, 0.717) is 6.42 Å². The Hall–Kier alpha value is -6.42. The molecule has 7 amide bonds. The fraction of sp³-hybridized carbons (Fsp3) is 0.581. The number of likely N-dealkylation sites (N-methyl/N-ethyl adjacent to an activating group) is 1. The first kappa shape index (κ1) is 59.2. The maximum atomic E-state index is 14.8. The molecule has 7 rings (SSSR count). The second-order valence-corrected chi connectivity index (χ2v) is 24.6. The van der Waals surface area contributed by atoms with Crippen LogP contribution < -0.4 is 31.9 Å². The summed E-state index contributed by atoms with van der Waals surface area (Å²) in [7, 11) is 1.70. The molecule has 0 bridgehead atoms. The van der Waals surface area contributed by atoms with Gasteiger partial charge in [0.25, 0.3) is 11.8 Å². The van der Waals surface area contributed by atoms with Crippen molar-refractivity contribution in [2.75, 3.05) is 20.1 Å². The number of hydrogen-bond acceptors (Lipinski definition) is 9. The van der Waals surface area contributed by atoms with Crippen LogP contribution in [0, 0.1) is 22.7 Å². The standard InChI is InChI=1S/C62H86N8O8/c1-11-37(2)54(72)68-53(62(7,8)9)60(78)70-36-44(33-51(70)58(76)67-49-27-19-15-23-40-21-13-17-25-46(40)49)65-56(74)42-30-28-41(29-31-42)55(73)64-43-32-50(57(75)66-48-26-18-14-22-39-20-12-16-24-45(39)48)69(35-43)59(77)47(61(4,5)6)34-52(71)38(3)63-10/h12-13,16-17,20-21,24-25,28-31,37-38,43-44,47-51,53,63H,11,14-15,18-19,22-23,26-27,32-36H2,1-10H3,(H,64,73)(H,65,74)(H,66,75)(H,67,76)(H,68,72)/t37-,38+,43+,44+,47-,48?,49-,50+,51+,53-/m1/s1. The first-order chi connectivity index (χ1) is 37.0. The van der Waals surface area contributed by atoms with Crippen LogP contribution in [0.3, 0.4) is 0 Å². The lowest BCUT2D eigenvalue weighted by Gasteiger charge is -2.36. The first-order valence-corrected chi connectivity index (χ1v) is 28.6. The number of rotatable bonds is 17. The Bertz CT molecular complexity index is 2500. The molecule has 4 aliphatic rings. The SMILES string of the molecule is CC[C@@H](C)C(=O)N[C@H](C(=O)N1C[C@@H](NC(=O)c2ccc(C(=O)N[C@H]3C[C@@H](C(=O)NC4CCCCc5ccccc54)N(C(=O)[C@@H](CC(=O)[C@H](C)NC)C(C)(C)C)C3)cc2)C[C@H]1C(=O)N[C@@H]1CCCCc2ccccc21)C(C)(C)C. The van der Waals surface area contributed by atoms with Gasteiger partial charge in [0.15, 0.2) is 0 Å². The van der Waals surface area contributed by atoms with Crippen LogP contribution in [0.1, 0.15) is 182 Å². The van der Waals surface area contributed by atoms with E-state index in [1.165, 1.54) is 28.2 Å². The number of aryl methyl sites for hydroxylation is 2. The summed E-state index contributed by atoms with van der Waals surface area (Å²) in [6.07, 6.45) is 8.07. The van der Waals surface area contributed by atoms with E-state index in [2.05, 4.69) is 44.0 Å². The minimum atomic E-state index is -0.940. The maximum absolute atomic E-state index is 14.8. The lowest BCUT2D eigenvalue weighted by Crippen LogP contribution is -2.58. The number of nitrogens with one attached hydrogen (secondary N) is 6. The molecule has 10 atom stereocenters. The molecule has 3 aromatic carbocycles. The molecule has 0 spiro atoms. The van der Waals surface area contributed by atoms with Gasteiger partial charge in [-0.1, -0.05) is 117 Å². The van der Waals surface area contributed by atoms with E-state index in [4.69, 9.17) is 0 Å². The molecule has 0 saturated carbocycles. The largest absolute Gasteiger partial charge is 0.347 e. The fourth-order valence-electron chi connectivity index (χ4n) is 11.6. The summed E-state index contributed by atoms with van der Waals surface area (Å²) in [6, 6.07) is 17.4. The van der Waals surface area contributed by atoms with Crippen LogP contribution in [0.2, 0.25) is 0 Å². The van der Waals surface area contributed by atoms with Crippen molar-refractivity contribution in [3.05, 3.63) is 106 Å². The van der Waals surface area contributed by atoms with Crippen molar-refractivity contribution in [2.24, 2.45) is 22.7 Å². The van der Waals surface area contributed by atoms with E-state index in [1.807, 2.05) is 91.8 Å². The monoisotopic (exact) mass is 1070 g/mol. The molecule has 16 heteroatoms. The number of amides is 7. The van der Waals surface area contributed by atoms with Crippen molar-refractivity contribution in [3.63, 3.8) is 0 Å². The quantitative estimate of drug-likeness (QED) is 0.0763. The zero-order chi connectivity index (χ0) is 56.6. The lowest BCUT2D eigenvalue weighted by atomic mass is 9.76. The maximum Gasteiger partial charge on any atom is 0.251 e. The van der Waals surface area contributed by atoms with Crippen molar-refractivity contribution >= 4 is 47.1 Å². The molecule has 3 aromatic rings. The highest BCUT2D eigenvalue weighted by Crippen LogP contribution is 2.36. The van der Waals surface area contributed by atoms with E-state index < -0.39 is 70.7 Å². The molecule has 2 aliphatic heterocycles. The molecule has 2 aliphatic carbocycles. The minimum Gasteiger partial charge on any atom is -0.347 e. The Balaban J connectivity index is 1.07. The molecule has 0 aromatic heterocycles. The highest BCUT2D eigenvalue weighted by atomic mass is 16.2. The summed E-state index contributed by atoms with van der Waals surface area (Å²) in [5.74, 6) is -3.68. The van der Waals surface area contributed by atoms with Gasteiger partial charge in [-0.2, -0.15) is 0 Å². The second-order valence-electron chi connectivity index (χ2n) is 24.6. The van der Waals surface area contributed by atoms with Crippen LogP contribution in [0.4, 0.5) is 0 Å². The topological polar surface area (TPSA) is 215 Å². The summed E-state index contributed by atoms with van der Waals surface area (Å²) < 4.78 is 0. The lowest BCUT2D eigenvalue weighted by molar-refractivity contribution is -0.146. The molecular formula is C62H86N8O8. The molecule has 16 nitrogen and oxygen atoms in total. The van der Waals surface area contributed by atoms with Gasteiger partial charge >= 0.3 is 0 Å².